The lowest BCUT2D eigenvalue weighted by atomic mass is 10.3. The Morgan fingerprint density at radius 3 is 3.00 bits per heavy atom. The number of hydrogen-bond donors (Lipinski definition) is 2. The summed E-state index contributed by atoms with van der Waals surface area (Å²) in [5.74, 6) is 0.924. The van der Waals surface area contributed by atoms with Crippen molar-refractivity contribution in [3.05, 3.63) is 36.4 Å². The fraction of sp³-hybridized carbons (Fsp3) is 0.200. The van der Waals surface area contributed by atoms with Gasteiger partial charge in [0.25, 0.3) is 0 Å². The summed E-state index contributed by atoms with van der Waals surface area (Å²) in [5, 5.41) is 3.03. The summed E-state index contributed by atoms with van der Waals surface area (Å²) in [5.41, 5.74) is 1.87. The molecule has 0 unspecified atom stereocenters. The topological polar surface area (TPSA) is 53.6 Å². The van der Waals surface area contributed by atoms with E-state index in [4.69, 9.17) is 0 Å². The van der Waals surface area contributed by atoms with E-state index < -0.39 is 0 Å². The Labute approximate surface area is 82.4 Å². The van der Waals surface area contributed by atoms with Crippen LogP contribution in [0.15, 0.2) is 30.6 Å². The SMILES string of the molecule is CNCc1ncc(-c2ccccn2)[nH]1. The van der Waals surface area contributed by atoms with Crippen LogP contribution < -0.4 is 5.32 Å². The van der Waals surface area contributed by atoms with Gasteiger partial charge in [-0.2, -0.15) is 0 Å². The van der Waals surface area contributed by atoms with E-state index in [2.05, 4.69) is 20.3 Å². The van der Waals surface area contributed by atoms with E-state index in [1.54, 1.807) is 12.4 Å². The van der Waals surface area contributed by atoms with Crippen LogP contribution in [0.2, 0.25) is 0 Å². The smallest absolute Gasteiger partial charge is 0.120 e. The zero-order chi connectivity index (χ0) is 9.80. The van der Waals surface area contributed by atoms with Gasteiger partial charge in [-0.1, -0.05) is 6.07 Å². The first-order valence-electron chi connectivity index (χ1n) is 4.50. The quantitative estimate of drug-likeness (QED) is 0.760. The normalized spacial score (nSPS) is 10.4. The van der Waals surface area contributed by atoms with Crippen molar-refractivity contribution in [3.63, 3.8) is 0 Å². The molecule has 0 saturated heterocycles. The van der Waals surface area contributed by atoms with E-state index in [0.717, 1.165) is 23.8 Å². The van der Waals surface area contributed by atoms with E-state index in [0.29, 0.717) is 0 Å². The molecule has 0 bridgehead atoms. The molecular formula is C10H12N4. The van der Waals surface area contributed by atoms with Crippen molar-refractivity contribution >= 4 is 0 Å². The van der Waals surface area contributed by atoms with E-state index in [1.165, 1.54) is 0 Å². The third-order valence-corrected chi connectivity index (χ3v) is 1.91. The highest BCUT2D eigenvalue weighted by atomic mass is 15.0. The van der Waals surface area contributed by atoms with Gasteiger partial charge in [0.05, 0.1) is 24.1 Å². The third-order valence-electron chi connectivity index (χ3n) is 1.91. The van der Waals surface area contributed by atoms with Crippen LogP contribution in [-0.4, -0.2) is 22.0 Å². The molecule has 4 heteroatoms. The molecular weight excluding hydrogens is 176 g/mol. The van der Waals surface area contributed by atoms with Gasteiger partial charge in [-0.15, -0.1) is 0 Å². The van der Waals surface area contributed by atoms with Crippen LogP contribution in [0.25, 0.3) is 11.4 Å². The zero-order valence-electron chi connectivity index (χ0n) is 7.99. The second kappa shape index (κ2) is 4.02. The Balaban J connectivity index is 2.25. The minimum Gasteiger partial charge on any atom is -0.340 e. The average Bonchev–Trinajstić information content (AvgIpc) is 2.68. The minimum absolute atomic E-state index is 0.743. The molecule has 4 nitrogen and oxygen atoms in total. The Bertz CT molecular complexity index is 394. The molecule has 14 heavy (non-hydrogen) atoms. The van der Waals surface area contributed by atoms with Gasteiger partial charge in [-0.25, -0.2) is 4.98 Å². The first kappa shape index (κ1) is 8.90. The number of rotatable bonds is 3. The molecule has 0 atom stereocenters. The van der Waals surface area contributed by atoms with Crippen molar-refractivity contribution in [2.75, 3.05) is 7.05 Å². The van der Waals surface area contributed by atoms with E-state index in [1.807, 2.05) is 25.2 Å². The fourth-order valence-electron chi connectivity index (χ4n) is 1.27. The molecule has 0 spiro atoms. The number of pyridine rings is 1. The first-order chi connectivity index (χ1) is 6.90. The molecule has 0 aliphatic rings. The number of aromatic nitrogens is 3. The molecule has 2 aromatic heterocycles. The minimum atomic E-state index is 0.743. The summed E-state index contributed by atoms with van der Waals surface area (Å²) in [4.78, 5) is 11.6. The fourth-order valence-corrected chi connectivity index (χ4v) is 1.27. The Morgan fingerprint density at radius 1 is 1.36 bits per heavy atom. The van der Waals surface area contributed by atoms with Crippen molar-refractivity contribution in [2.24, 2.45) is 0 Å². The maximum atomic E-state index is 4.23. The second-order valence-corrected chi connectivity index (χ2v) is 2.99. The average molecular weight is 188 g/mol. The zero-order valence-corrected chi connectivity index (χ0v) is 7.99. The van der Waals surface area contributed by atoms with Gasteiger partial charge in [0.15, 0.2) is 0 Å². The number of nitrogens with zero attached hydrogens (tertiary/aromatic N) is 2. The van der Waals surface area contributed by atoms with Gasteiger partial charge >= 0.3 is 0 Å². The standard InChI is InChI=1S/C10H12N4/c1-11-7-10-13-6-9(14-10)8-4-2-3-5-12-8/h2-6,11H,7H2,1H3,(H,13,14). The second-order valence-electron chi connectivity index (χ2n) is 2.99. The van der Waals surface area contributed by atoms with Crippen molar-refractivity contribution < 1.29 is 0 Å². The first-order valence-corrected chi connectivity index (χ1v) is 4.50. The summed E-state index contributed by atoms with van der Waals surface area (Å²) in [6.07, 6.45) is 3.57. The lowest BCUT2D eigenvalue weighted by Gasteiger charge is -1.95. The summed E-state index contributed by atoms with van der Waals surface area (Å²) in [6, 6.07) is 5.81. The van der Waals surface area contributed by atoms with Crippen LogP contribution in [0.5, 0.6) is 0 Å². The van der Waals surface area contributed by atoms with Gasteiger partial charge in [0.2, 0.25) is 0 Å². The monoisotopic (exact) mass is 188 g/mol. The number of nitrogens with one attached hydrogen (secondary N) is 2. The maximum absolute atomic E-state index is 4.23. The van der Waals surface area contributed by atoms with E-state index in [9.17, 15) is 0 Å². The van der Waals surface area contributed by atoms with Crippen molar-refractivity contribution in [3.8, 4) is 11.4 Å². The van der Waals surface area contributed by atoms with Crippen molar-refractivity contribution in [2.45, 2.75) is 6.54 Å². The molecule has 2 heterocycles. The molecule has 2 rings (SSSR count). The molecule has 72 valence electrons. The van der Waals surface area contributed by atoms with E-state index in [-0.39, 0.29) is 0 Å². The summed E-state index contributed by atoms with van der Waals surface area (Å²) < 4.78 is 0. The predicted octanol–water partition coefficient (Wildman–Crippen LogP) is 1.19. The lowest BCUT2D eigenvalue weighted by Crippen LogP contribution is -2.06. The summed E-state index contributed by atoms with van der Waals surface area (Å²) in [6.45, 7) is 0.743. The maximum Gasteiger partial charge on any atom is 0.120 e. The van der Waals surface area contributed by atoms with Crippen LogP contribution in [0.3, 0.4) is 0 Å². The van der Waals surface area contributed by atoms with Crippen LogP contribution in [0, 0.1) is 0 Å². The highest BCUT2D eigenvalue weighted by molar-refractivity contribution is 5.52. The number of imidazole rings is 1. The van der Waals surface area contributed by atoms with Crippen molar-refractivity contribution in [1.82, 2.24) is 20.3 Å². The summed E-state index contributed by atoms with van der Waals surface area (Å²) in [7, 11) is 1.89. The van der Waals surface area contributed by atoms with Crippen molar-refractivity contribution in [1.29, 1.82) is 0 Å². The molecule has 0 radical (unpaired) electrons. The third kappa shape index (κ3) is 1.80. The van der Waals surface area contributed by atoms with Gasteiger partial charge in [0, 0.05) is 6.20 Å². The van der Waals surface area contributed by atoms with Crippen LogP contribution >= 0.6 is 0 Å². The molecule has 0 aliphatic carbocycles. The molecule has 0 amide bonds. The molecule has 2 aromatic rings. The van der Waals surface area contributed by atoms with Gasteiger partial charge in [0.1, 0.15) is 5.82 Å². The van der Waals surface area contributed by atoms with Crippen LogP contribution in [0.1, 0.15) is 5.82 Å². The molecule has 2 N–H and O–H groups in total. The predicted molar refractivity (Wildman–Crippen MR) is 54.6 cm³/mol. The van der Waals surface area contributed by atoms with Gasteiger partial charge < -0.3 is 10.3 Å². The van der Waals surface area contributed by atoms with Crippen LogP contribution in [0.4, 0.5) is 0 Å². The van der Waals surface area contributed by atoms with Crippen LogP contribution in [-0.2, 0) is 6.54 Å². The van der Waals surface area contributed by atoms with Gasteiger partial charge in [-0.3, -0.25) is 4.98 Å². The largest absolute Gasteiger partial charge is 0.340 e. The highest BCUT2D eigenvalue weighted by Gasteiger charge is 2.02. The summed E-state index contributed by atoms with van der Waals surface area (Å²) >= 11 is 0. The Morgan fingerprint density at radius 2 is 2.29 bits per heavy atom. The lowest BCUT2D eigenvalue weighted by molar-refractivity contribution is 0.772. The molecule has 0 aliphatic heterocycles. The highest BCUT2D eigenvalue weighted by Crippen LogP contribution is 2.12. The Hall–Kier alpha value is -1.68. The number of H-pyrrole nitrogens is 1. The molecule has 0 saturated carbocycles. The number of hydrogen-bond acceptors (Lipinski definition) is 3. The molecule has 0 fully saturated rings. The van der Waals surface area contributed by atoms with E-state index >= 15 is 0 Å². The number of aromatic amines is 1. The molecule has 0 aromatic carbocycles. The Kier molecular flexibility index (Phi) is 2.55. The van der Waals surface area contributed by atoms with Gasteiger partial charge in [-0.05, 0) is 19.2 Å².